The van der Waals surface area contributed by atoms with E-state index < -0.39 is 0 Å². The van der Waals surface area contributed by atoms with Crippen LogP contribution in [0.1, 0.15) is 24.8 Å². The van der Waals surface area contributed by atoms with Gasteiger partial charge in [0, 0.05) is 23.7 Å². The van der Waals surface area contributed by atoms with Crippen LogP contribution in [0.4, 0.5) is 4.39 Å². The van der Waals surface area contributed by atoms with Crippen molar-refractivity contribution in [1.29, 1.82) is 0 Å². The normalized spacial score (nSPS) is 27.7. The summed E-state index contributed by atoms with van der Waals surface area (Å²) in [5.41, 5.74) is 1.10. The minimum Gasteiger partial charge on any atom is -0.376 e. The molecule has 1 aliphatic carbocycles. The lowest BCUT2D eigenvalue weighted by atomic mass is 10.1. The van der Waals surface area contributed by atoms with Crippen LogP contribution in [0.2, 0.25) is 0 Å². The molecule has 0 aromatic heterocycles. The van der Waals surface area contributed by atoms with Crippen LogP contribution in [0, 0.1) is 11.7 Å². The maximum absolute atomic E-state index is 13.0. The SMILES string of the molecule is Fc1ccc(CNC2CCOC2C2CC2)c(Br)c1. The van der Waals surface area contributed by atoms with Gasteiger partial charge in [-0.15, -0.1) is 0 Å². The van der Waals surface area contributed by atoms with E-state index >= 15 is 0 Å². The first-order chi connectivity index (χ1) is 8.74. The maximum Gasteiger partial charge on any atom is 0.124 e. The molecule has 2 nitrogen and oxygen atoms in total. The molecule has 0 amide bonds. The molecule has 1 saturated carbocycles. The molecule has 1 aliphatic heterocycles. The van der Waals surface area contributed by atoms with Gasteiger partial charge < -0.3 is 10.1 Å². The van der Waals surface area contributed by atoms with Gasteiger partial charge in [0.1, 0.15) is 5.82 Å². The first-order valence-electron chi connectivity index (χ1n) is 6.53. The largest absolute Gasteiger partial charge is 0.376 e. The summed E-state index contributed by atoms with van der Waals surface area (Å²) in [7, 11) is 0. The molecular formula is C14H17BrFNO. The molecule has 0 spiro atoms. The third-order valence-electron chi connectivity index (χ3n) is 3.79. The summed E-state index contributed by atoms with van der Waals surface area (Å²) in [5.74, 6) is 0.562. The number of hydrogen-bond donors (Lipinski definition) is 1. The predicted octanol–water partition coefficient (Wildman–Crippen LogP) is 3.25. The third kappa shape index (κ3) is 2.76. The Morgan fingerprint density at radius 2 is 2.17 bits per heavy atom. The average molecular weight is 314 g/mol. The van der Waals surface area contributed by atoms with E-state index in [0.29, 0.717) is 12.1 Å². The molecule has 2 unspecified atom stereocenters. The highest BCUT2D eigenvalue weighted by atomic mass is 79.9. The lowest BCUT2D eigenvalue weighted by Gasteiger charge is -2.19. The van der Waals surface area contributed by atoms with Crippen molar-refractivity contribution in [1.82, 2.24) is 5.32 Å². The van der Waals surface area contributed by atoms with E-state index in [0.717, 1.165) is 35.5 Å². The number of halogens is 2. The van der Waals surface area contributed by atoms with Crippen molar-refractivity contribution >= 4 is 15.9 Å². The molecule has 18 heavy (non-hydrogen) atoms. The van der Waals surface area contributed by atoms with E-state index in [1.54, 1.807) is 0 Å². The molecule has 0 radical (unpaired) electrons. The molecule has 1 aromatic rings. The topological polar surface area (TPSA) is 21.3 Å². The highest BCUT2D eigenvalue weighted by Gasteiger charge is 2.40. The molecule has 1 aromatic carbocycles. The van der Waals surface area contributed by atoms with Gasteiger partial charge in [0.2, 0.25) is 0 Å². The van der Waals surface area contributed by atoms with E-state index in [1.165, 1.54) is 25.0 Å². The Hall–Kier alpha value is -0.450. The van der Waals surface area contributed by atoms with Crippen molar-refractivity contribution in [3.63, 3.8) is 0 Å². The van der Waals surface area contributed by atoms with Gasteiger partial charge in [0.25, 0.3) is 0 Å². The number of hydrogen-bond acceptors (Lipinski definition) is 2. The minimum absolute atomic E-state index is 0.203. The second-order valence-corrected chi connectivity index (χ2v) is 6.04. The summed E-state index contributed by atoms with van der Waals surface area (Å²) in [6, 6.07) is 5.30. The van der Waals surface area contributed by atoms with Gasteiger partial charge in [-0.05, 0) is 42.9 Å². The highest BCUT2D eigenvalue weighted by molar-refractivity contribution is 9.10. The van der Waals surface area contributed by atoms with Crippen molar-refractivity contribution in [3.8, 4) is 0 Å². The lowest BCUT2D eigenvalue weighted by Crippen LogP contribution is -2.37. The van der Waals surface area contributed by atoms with Gasteiger partial charge in [0.15, 0.2) is 0 Å². The molecule has 2 atom stereocenters. The van der Waals surface area contributed by atoms with Crippen LogP contribution in [0.3, 0.4) is 0 Å². The number of rotatable bonds is 4. The quantitative estimate of drug-likeness (QED) is 0.921. The highest BCUT2D eigenvalue weighted by Crippen LogP contribution is 2.38. The fourth-order valence-corrected chi connectivity index (χ4v) is 3.12. The zero-order valence-electron chi connectivity index (χ0n) is 10.2. The number of nitrogens with one attached hydrogen (secondary N) is 1. The van der Waals surface area contributed by atoms with Gasteiger partial charge >= 0.3 is 0 Å². The van der Waals surface area contributed by atoms with E-state index in [9.17, 15) is 4.39 Å². The Morgan fingerprint density at radius 3 is 2.89 bits per heavy atom. The maximum atomic E-state index is 13.0. The van der Waals surface area contributed by atoms with Gasteiger partial charge in [0.05, 0.1) is 6.10 Å². The van der Waals surface area contributed by atoms with Gasteiger partial charge in [-0.3, -0.25) is 0 Å². The molecule has 2 aliphatic rings. The summed E-state index contributed by atoms with van der Waals surface area (Å²) in [6.45, 7) is 1.63. The lowest BCUT2D eigenvalue weighted by molar-refractivity contribution is 0.0808. The number of benzene rings is 1. The predicted molar refractivity (Wildman–Crippen MR) is 71.8 cm³/mol. The van der Waals surface area contributed by atoms with Crippen molar-refractivity contribution in [2.75, 3.05) is 6.61 Å². The Balaban J connectivity index is 1.60. The fourth-order valence-electron chi connectivity index (χ4n) is 2.63. The molecule has 1 heterocycles. The molecule has 0 bridgehead atoms. The van der Waals surface area contributed by atoms with Crippen LogP contribution >= 0.6 is 15.9 Å². The van der Waals surface area contributed by atoms with Crippen LogP contribution in [0.5, 0.6) is 0 Å². The summed E-state index contributed by atoms with van der Waals surface area (Å²) >= 11 is 3.40. The molecule has 1 N–H and O–H groups in total. The van der Waals surface area contributed by atoms with Gasteiger partial charge in [-0.25, -0.2) is 4.39 Å². The standard InChI is InChI=1S/C14H17BrFNO/c15-12-7-11(16)4-3-10(12)8-17-13-5-6-18-14(13)9-1-2-9/h3-4,7,9,13-14,17H,1-2,5-6,8H2. The first kappa shape index (κ1) is 12.6. The smallest absolute Gasteiger partial charge is 0.124 e. The van der Waals surface area contributed by atoms with Crippen LogP contribution < -0.4 is 5.32 Å². The van der Waals surface area contributed by atoms with Crippen LogP contribution in [-0.4, -0.2) is 18.8 Å². The van der Waals surface area contributed by atoms with Crippen molar-refractivity contribution < 1.29 is 9.13 Å². The molecular weight excluding hydrogens is 297 g/mol. The van der Waals surface area contributed by atoms with Crippen molar-refractivity contribution in [2.45, 2.75) is 38.0 Å². The van der Waals surface area contributed by atoms with E-state index in [-0.39, 0.29) is 5.82 Å². The Bertz CT molecular complexity index is 436. The van der Waals surface area contributed by atoms with Crippen LogP contribution in [-0.2, 0) is 11.3 Å². The van der Waals surface area contributed by atoms with Crippen molar-refractivity contribution in [2.24, 2.45) is 5.92 Å². The van der Waals surface area contributed by atoms with Crippen LogP contribution in [0.25, 0.3) is 0 Å². The van der Waals surface area contributed by atoms with E-state index in [1.807, 2.05) is 6.07 Å². The molecule has 4 heteroatoms. The van der Waals surface area contributed by atoms with Crippen LogP contribution in [0.15, 0.2) is 22.7 Å². The zero-order chi connectivity index (χ0) is 12.5. The summed E-state index contributed by atoms with van der Waals surface area (Å²) in [5, 5.41) is 3.55. The second kappa shape index (κ2) is 5.27. The Morgan fingerprint density at radius 1 is 1.33 bits per heavy atom. The second-order valence-electron chi connectivity index (χ2n) is 5.18. The monoisotopic (exact) mass is 313 g/mol. The third-order valence-corrected chi connectivity index (χ3v) is 4.53. The number of ether oxygens (including phenoxy) is 1. The van der Waals surface area contributed by atoms with Gasteiger partial charge in [-0.1, -0.05) is 22.0 Å². The minimum atomic E-state index is -0.203. The summed E-state index contributed by atoms with van der Waals surface area (Å²) in [6.07, 6.45) is 4.09. The average Bonchev–Trinajstić information content (AvgIpc) is 3.08. The zero-order valence-corrected chi connectivity index (χ0v) is 11.7. The molecule has 98 valence electrons. The van der Waals surface area contributed by atoms with E-state index in [4.69, 9.17) is 4.74 Å². The summed E-state index contributed by atoms with van der Waals surface area (Å²) in [4.78, 5) is 0. The van der Waals surface area contributed by atoms with E-state index in [2.05, 4.69) is 21.2 Å². The molecule has 2 fully saturated rings. The van der Waals surface area contributed by atoms with Gasteiger partial charge in [-0.2, -0.15) is 0 Å². The fraction of sp³-hybridized carbons (Fsp3) is 0.571. The Kier molecular flexibility index (Phi) is 3.68. The summed E-state index contributed by atoms with van der Waals surface area (Å²) < 4.78 is 19.6. The van der Waals surface area contributed by atoms with Crippen molar-refractivity contribution in [3.05, 3.63) is 34.1 Å². The molecule has 3 rings (SSSR count). The Labute approximate surface area is 115 Å². The first-order valence-corrected chi connectivity index (χ1v) is 7.32. The molecule has 1 saturated heterocycles.